The molecule has 4 rings (SSSR count). The first-order valence-electron chi connectivity index (χ1n) is 11.6. The highest BCUT2D eigenvalue weighted by atomic mass is 32.1. The molecule has 1 saturated heterocycles. The lowest BCUT2D eigenvalue weighted by Gasteiger charge is -2.38. The topological polar surface area (TPSA) is 91.0 Å². The number of carbonyl (C=O) groups excluding carboxylic acids is 2. The second kappa shape index (κ2) is 8.89. The van der Waals surface area contributed by atoms with Gasteiger partial charge in [-0.15, -0.1) is 11.3 Å². The second-order valence-electron chi connectivity index (χ2n) is 10.2. The van der Waals surface area contributed by atoms with E-state index in [1.807, 2.05) is 24.0 Å². The summed E-state index contributed by atoms with van der Waals surface area (Å²) < 4.78 is 0. The van der Waals surface area contributed by atoms with Gasteiger partial charge in [-0.1, -0.05) is 20.8 Å². The average Bonchev–Trinajstić information content (AvgIpc) is 3.39. The molecule has 2 amide bonds. The first-order chi connectivity index (χ1) is 15.6. The number of amides is 2. The Labute approximate surface area is 199 Å². The maximum absolute atomic E-state index is 13.2. The molecule has 0 radical (unpaired) electrons. The number of thiophene rings is 1. The number of fused-ring (bicyclic) bond motifs is 1. The van der Waals surface area contributed by atoms with E-state index in [2.05, 4.69) is 49.9 Å². The molecule has 1 aliphatic rings. The Morgan fingerprint density at radius 3 is 2.58 bits per heavy atom. The van der Waals surface area contributed by atoms with Crippen LogP contribution in [0.1, 0.15) is 80.8 Å². The molecule has 1 fully saturated rings. The quantitative estimate of drug-likeness (QED) is 0.548. The smallest absolute Gasteiger partial charge is 0.264 e. The lowest BCUT2D eigenvalue weighted by atomic mass is 9.88. The molecule has 3 atom stereocenters. The number of aromatic amines is 1. The van der Waals surface area contributed by atoms with E-state index in [4.69, 9.17) is 4.98 Å². The Bertz CT molecular complexity index is 1170. The Kier molecular flexibility index (Phi) is 6.31. The third kappa shape index (κ3) is 4.67. The van der Waals surface area contributed by atoms with Gasteiger partial charge in [-0.05, 0) is 57.6 Å². The van der Waals surface area contributed by atoms with Gasteiger partial charge < -0.3 is 15.2 Å². The molecule has 0 bridgehead atoms. The zero-order chi connectivity index (χ0) is 23.9. The number of piperidine rings is 1. The fraction of sp³-hybridized carbons (Fsp3) is 0.520. The molecular weight excluding hydrogens is 434 g/mol. The van der Waals surface area contributed by atoms with E-state index < -0.39 is 0 Å². The fourth-order valence-electron chi connectivity index (χ4n) is 4.21. The molecule has 3 aromatic rings. The molecule has 176 valence electrons. The van der Waals surface area contributed by atoms with E-state index in [1.165, 1.54) is 17.8 Å². The SMILES string of the molecule is CC1CCC[C@H](C)N1C(=O)c1ccc(-c2cnc3[nH]cc(C(=O)NC(C)C(C)(C)C)c3n2)s1. The minimum absolute atomic E-state index is 0.00321. The highest BCUT2D eigenvalue weighted by Gasteiger charge is 2.30. The highest BCUT2D eigenvalue weighted by molar-refractivity contribution is 7.17. The monoisotopic (exact) mass is 467 g/mol. The van der Waals surface area contributed by atoms with Crippen LogP contribution in [0.4, 0.5) is 0 Å². The molecule has 33 heavy (non-hydrogen) atoms. The summed E-state index contributed by atoms with van der Waals surface area (Å²) >= 11 is 1.43. The number of hydrogen-bond donors (Lipinski definition) is 2. The zero-order valence-electron chi connectivity index (χ0n) is 20.2. The Morgan fingerprint density at radius 2 is 1.91 bits per heavy atom. The first kappa shape index (κ1) is 23.4. The number of aromatic nitrogens is 3. The van der Waals surface area contributed by atoms with Crippen LogP contribution in [-0.2, 0) is 0 Å². The molecule has 2 N–H and O–H groups in total. The van der Waals surface area contributed by atoms with Crippen LogP contribution in [0.5, 0.6) is 0 Å². The summed E-state index contributed by atoms with van der Waals surface area (Å²) in [5, 5.41) is 3.06. The van der Waals surface area contributed by atoms with E-state index in [0.29, 0.717) is 27.3 Å². The molecule has 4 heterocycles. The van der Waals surface area contributed by atoms with Gasteiger partial charge in [0.1, 0.15) is 5.52 Å². The summed E-state index contributed by atoms with van der Waals surface area (Å²) in [5.74, 6) is -0.0943. The Morgan fingerprint density at radius 1 is 1.21 bits per heavy atom. The van der Waals surface area contributed by atoms with Crippen molar-refractivity contribution in [2.75, 3.05) is 0 Å². The number of rotatable bonds is 4. The predicted molar refractivity (Wildman–Crippen MR) is 133 cm³/mol. The van der Waals surface area contributed by atoms with Crippen molar-refractivity contribution in [3.63, 3.8) is 0 Å². The largest absolute Gasteiger partial charge is 0.349 e. The number of carbonyl (C=O) groups is 2. The molecule has 0 aliphatic carbocycles. The highest BCUT2D eigenvalue weighted by Crippen LogP contribution is 2.31. The molecular formula is C25H33N5O2S. The third-order valence-corrected chi connectivity index (χ3v) is 7.87. The summed E-state index contributed by atoms with van der Waals surface area (Å²) in [6, 6.07) is 4.29. The van der Waals surface area contributed by atoms with Gasteiger partial charge >= 0.3 is 0 Å². The van der Waals surface area contributed by atoms with Crippen LogP contribution in [0.25, 0.3) is 21.7 Å². The van der Waals surface area contributed by atoms with Crippen LogP contribution in [0.2, 0.25) is 0 Å². The van der Waals surface area contributed by atoms with Gasteiger partial charge in [0.15, 0.2) is 5.65 Å². The Hall–Kier alpha value is -2.74. The minimum atomic E-state index is -0.176. The number of nitrogens with zero attached hydrogens (tertiary/aromatic N) is 3. The van der Waals surface area contributed by atoms with Gasteiger partial charge in [-0.3, -0.25) is 9.59 Å². The third-order valence-electron chi connectivity index (χ3n) is 6.77. The lowest BCUT2D eigenvalue weighted by molar-refractivity contribution is 0.0515. The summed E-state index contributed by atoms with van der Waals surface area (Å²) in [7, 11) is 0. The molecule has 0 spiro atoms. The van der Waals surface area contributed by atoms with Crippen molar-refractivity contribution >= 4 is 34.3 Å². The maximum Gasteiger partial charge on any atom is 0.264 e. The standard InChI is InChI=1S/C25H33N5O2S/c1-14-8-7-9-15(2)30(14)24(32)20-11-10-19(33-20)18-13-27-22-21(29-18)17(12-26-22)23(31)28-16(3)25(4,5)6/h10-16H,7-9H2,1-6H3,(H,26,27)(H,28,31)/t14-,15?,16?/m0/s1. The van der Waals surface area contributed by atoms with Crippen molar-refractivity contribution in [1.82, 2.24) is 25.2 Å². The molecule has 0 aromatic carbocycles. The van der Waals surface area contributed by atoms with Crippen molar-refractivity contribution in [2.45, 2.75) is 78.9 Å². The fourth-order valence-corrected chi connectivity index (χ4v) is 5.12. The first-order valence-corrected chi connectivity index (χ1v) is 12.5. The molecule has 7 nitrogen and oxygen atoms in total. The van der Waals surface area contributed by atoms with Crippen molar-refractivity contribution < 1.29 is 9.59 Å². The number of likely N-dealkylation sites (tertiary alicyclic amines) is 1. The van der Waals surface area contributed by atoms with Crippen LogP contribution in [0.3, 0.4) is 0 Å². The molecule has 0 saturated carbocycles. The van der Waals surface area contributed by atoms with Gasteiger partial charge in [0.25, 0.3) is 11.8 Å². The van der Waals surface area contributed by atoms with E-state index in [-0.39, 0.29) is 35.4 Å². The number of nitrogens with one attached hydrogen (secondary N) is 2. The molecule has 3 aromatic heterocycles. The van der Waals surface area contributed by atoms with Crippen LogP contribution in [-0.4, -0.2) is 49.8 Å². The molecule has 8 heteroatoms. The lowest BCUT2D eigenvalue weighted by Crippen LogP contribution is -2.47. The van der Waals surface area contributed by atoms with E-state index >= 15 is 0 Å². The van der Waals surface area contributed by atoms with Crippen LogP contribution in [0.15, 0.2) is 24.5 Å². The van der Waals surface area contributed by atoms with Gasteiger partial charge in [-0.25, -0.2) is 9.97 Å². The minimum Gasteiger partial charge on any atom is -0.349 e. The average molecular weight is 468 g/mol. The van der Waals surface area contributed by atoms with Crippen LogP contribution in [0, 0.1) is 5.41 Å². The van der Waals surface area contributed by atoms with Crippen LogP contribution >= 0.6 is 11.3 Å². The summed E-state index contributed by atoms with van der Waals surface area (Å²) in [6.07, 6.45) is 6.59. The van der Waals surface area contributed by atoms with E-state index in [0.717, 1.165) is 17.7 Å². The van der Waals surface area contributed by atoms with Crippen molar-refractivity contribution in [2.24, 2.45) is 5.41 Å². The predicted octanol–water partition coefficient (Wildman–Crippen LogP) is 5.25. The van der Waals surface area contributed by atoms with Crippen LogP contribution < -0.4 is 5.32 Å². The molecule has 2 unspecified atom stereocenters. The normalized spacial score (nSPS) is 20.1. The van der Waals surface area contributed by atoms with Crippen molar-refractivity contribution in [3.8, 4) is 10.6 Å². The number of hydrogen-bond acceptors (Lipinski definition) is 5. The van der Waals surface area contributed by atoms with Gasteiger partial charge in [0, 0.05) is 24.3 Å². The summed E-state index contributed by atoms with van der Waals surface area (Å²) in [6.45, 7) is 12.5. The van der Waals surface area contributed by atoms with Gasteiger partial charge in [-0.2, -0.15) is 0 Å². The van der Waals surface area contributed by atoms with E-state index in [9.17, 15) is 9.59 Å². The molecule has 1 aliphatic heterocycles. The van der Waals surface area contributed by atoms with Gasteiger partial charge in [0.05, 0.1) is 27.2 Å². The Balaban J connectivity index is 1.60. The number of H-pyrrole nitrogens is 1. The van der Waals surface area contributed by atoms with Crippen molar-refractivity contribution in [3.05, 3.63) is 35.0 Å². The summed E-state index contributed by atoms with van der Waals surface area (Å²) in [4.78, 5) is 42.0. The second-order valence-corrected chi connectivity index (χ2v) is 11.3. The van der Waals surface area contributed by atoms with Crippen molar-refractivity contribution in [1.29, 1.82) is 0 Å². The van der Waals surface area contributed by atoms with Gasteiger partial charge in [0.2, 0.25) is 0 Å². The zero-order valence-corrected chi connectivity index (χ0v) is 21.0. The summed E-state index contributed by atoms with van der Waals surface area (Å²) in [5.41, 5.74) is 2.17. The van der Waals surface area contributed by atoms with E-state index in [1.54, 1.807) is 12.4 Å². The maximum atomic E-state index is 13.2.